The van der Waals surface area contributed by atoms with Crippen molar-refractivity contribution in [3.05, 3.63) is 35.4 Å². The van der Waals surface area contributed by atoms with Gasteiger partial charge in [-0.2, -0.15) is 0 Å². The number of aliphatic hydroxyl groups is 1. The highest BCUT2D eigenvalue weighted by Gasteiger charge is 2.13. The summed E-state index contributed by atoms with van der Waals surface area (Å²) in [5.74, 6) is 0. The van der Waals surface area contributed by atoms with Gasteiger partial charge in [-0.15, -0.1) is 0 Å². The minimum Gasteiger partial charge on any atom is -0.395 e. The Bertz CT molecular complexity index is 303. The van der Waals surface area contributed by atoms with E-state index in [1.165, 1.54) is 11.1 Å². The summed E-state index contributed by atoms with van der Waals surface area (Å²) in [6.45, 7) is 6.65. The molecule has 0 aliphatic carbocycles. The lowest BCUT2D eigenvalue weighted by Crippen LogP contribution is -2.34. The molecule has 2 heteroatoms. The van der Waals surface area contributed by atoms with Crippen LogP contribution in [0, 0.1) is 0 Å². The third kappa shape index (κ3) is 4.14. The third-order valence-electron chi connectivity index (χ3n) is 3.35. The molecule has 0 heterocycles. The lowest BCUT2D eigenvalue weighted by atomic mass is 10.0. The van der Waals surface area contributed by atoms with Gasteiger partial charge in [-0.25, -0.2) is 0 Å². The smallest absolute Gasteiger partial charge is 0.0584 e. The predicted octanol–water partition coefficient (Wildman–Crippen LogP) is 3.06. The highest BCUT2D eigenvalue weighted by Crippen LogP contribution is 2.18. The number of rotatable bonds is 7. The molecule has 0 spiro atoms. The second-order valence-corrected chi connectivity index (χ2v) is 4.51. The Kier molecular flexibility index (Phi) is 6.23. The number of nitrogens with one attached hydrogen (secondary N) is 1. The van der Waals surface area contributed by atoms with Gasteiger partial charge < -0.3 is 10.4 Å². The van der Waals surface area contributed by atoms with Crippen molar-refractivity contribution < 1.29 is 5.11 Å². The molecule has 2 nitrogen and oxygen atoms in total. The molecule has 1 aromatic rings. The van der Waals surface area contributed by atoms with Crippen LogP contribution < -0.4 is 5.32 Å². The van der Waals surface area contributed by atoms with E-state index in [4.69, 9.17) is 0 Å². The van der Waals surface area contributed by atoms with Crippen molar-refractivity contribution in [3.8, 4) is 0 Å². The summed E-state index contributed by atoms with van der Waals surface area (Å²) in [6, 6.07) is 9.33. The fourth-order valence-corrected chi connectivity index (χ4v) is 2.02. The Morgan fingerprint density at radius 1 is 1.06 bits per heavy atom. The van der Waals surface area contributed by atoms with Crippen molar-refractivity contribution in [1.29, 1.82) is 0 Å². The van der Waals surface area contributed by atoms with Gasteiger partial charge >= 0.3 is 0 Å². The van der Waals surface area contributed by atoms with Gasteiger partial charge in [-0.3, -0.25) is 0 Å². The van der Waals surface area contributed by atoms with Gasteiger partial charge in [0, 0.05) is 12.1 Å². The zero-order valence-corrected chi connectivity index (χ0v) is 11.2. The monoisotopic (exact) mass is 235 g/mol. The summed E-state index contributed by atoms with van der Waals surface area (Å²) in [5, 5.41) is 12.7. The summed E-state index contributed by atoms with van der Waals surface area (Å²) < 4.78 is 0. The molecule has 0 radical (unpaired) electrons. The average molecular weight is 235 g/mol. The van der Waals surface area contributed by atoms with E-state index in [9.17, 15) is 5.11 Å². The van der Waals surface area contributed by atoms with Crippen LogP contribution in [-0.2, 0) is 6.42 Å². The first-order valence-electron chi connectivity index (χ1n) is 6.70. The molecule has 0 amide bonds. The first-order valence-corrected chi connectivity index (χ1v) is 6.70. The number of benzene rings is 1. The van der Waals surface area contributed by atoms with Gasteiger partial charge in [0.1, 0.15) is 0 Å². The molecule has 2 atom stereocenters. The Balaban J connectivity index is 2.71. The van der Waals surface area contributed by atoms with Gasteiger partial charge in [0.2, 0.25) is 0 Å². The molecule has 1 unspecified atom stereocenters. The second kappa shape index (κ2) is 7.46. The summed E-state index contributed by atoms with van der Waals surface area (Å²) in [6.07, 6.45) is 3.08. The zero-order chi connectivity index (χ0) is 12.7. The van der Waals surface area contributed by atoms with E-state index in [2.05, 4.69) is 50.4 Å². The van der Waals surface area contributed by atoms with Gasteiger partial charge in [-0.05, 0) is 30.4 Å². The van der Waals surface area contributed by atoms with E-state index < -0.39 is 0 Å². The van der Waals surface area contributed by atoms with E-state index >= 15 is 0 Å². The molecule has 0 aromatic heterocycles. The van der Waals surface area contributed by atoms with Crippen LogP contribution in [0.5, 0.6) is 0 Å². The lowest BCUT2D eigenvalue weighted by Gasteiger charge is -2.23. The summed E-state index contributed by atoms with van der Waals surface area (Å²) in [5.41, 5.74) is 2.69. The fraction of sp³-hybridized carbons (Fsp3) is 0.600. The molecule has 0 bridgehead atoms. The maximum absolute atomic E-state index is 9.24. The van der Waals surface area contributed by atoms with Crippen molar-refractivity contribution in [1.82, 2.24) is 5.32 Å². The molecular formula is C15H25NO. The molecule has 2 N–H and O–H groups in total. The standard InChI is InChI=1S/C15H25NO/c1-4-12-7-9-13(10-8-12)15(6-3)16-14(5-2)11-17/h7-10,14-17H,4-6,11H2,1-3H3/t14-,15?/m0/s1. The van der Waals surface area contributed by atoms with Crippen LogP contribution in [-0.4, -0.2) is 17.8 Å². The molecule has 1 aromatic carbocycles. The normalized spacial score (nSPS) is 14.6. The van der Waals surface area contributed by atoms with Crippen LogP contribution in [0.4, 0.5) is 0 Å². The van der Waals surface area contributed by atoms with Crippen molar-refractivity contribution in [2.75, 3.05) is 6.61 Å². The molecule has 1 rings (SSSR count). The van der Waals surface area contributed by atoms with Gasteiger partial charge in [0.15, 0.2) is 0 Å². The van der Waals surface area contributed by atoms with Crippen molar-refractivity contribution in [2.45, 2.75) is 52.1 Å². The third-order valence-corrected chi connectivity index (χ3v) is 3.35. The average Bonchev–Trinajstić information content (AvgIpc) is 2.40. The summed E-state index contributed by atoms with van der Waals surface area (Å²) in [4.78, 5) is 0. The van der Waals surface area contributed by atoms with Crippen LogP contribution in [0.2, 0.25) is 0 Å². The first-order chi connectivity index (χ1) is 8.24. The molecule has 17 heavy (non-hydrogen) atoms. The summed E-state index contributed by atoms with van der Waals surface area (Å²) >= 11 is 0. The maximum atomic E-state index is 9.24. The van der Waals surface area contributed by atoms with Gasteiger partial charge in [-0.1, -0.05) is 45.0 Å². The molecule has 0 saturated heterocycles. The summed E-state index contributed by atoms with van der Waals surface area (Å²) in [7, 11) is 0. The van der Waals surface area contributed by atoms with E-state index in [0.717, 1.165) is 19.3 Å². The van der Waals surface area contributed by atoms with Crippen molar-refractivity contribution >= 4 is 0 Å². The Morgan fingerprint density at radius 3 is 2.12 bits per heavy atom. The van der Waals surface area contributed by atoms with Crippen LogP contribution in [0.1, 0.15) is 50.8 Å². The van der Waals surface area contributed by atoms with Crippen molar-refractivity contribution in [3.63, 3.8) is 0 Å². The lowest BCUT2D eigenvalue weighted by molar-refractivity contribution is 0.226. The van der Waals surface area contributed by atoms with E-state index in [1.807, 2.05) is 0 Å². The Hall–Kier alpha value is -0.860. The van der Waals surface area contributed by atoms with E-state index in [1.54, 1.807) is 0 Å². The highest BCUT2D eigenvalue weighted by atomic mass is 16.3. The number of aliphatic hydroxyl groups excluding tert-OH is 1. The number of hydrogen-bond acceptors (Lipinski definition) is 2. The highest BCUT2D eigenvalue weighted by molar-refractivity contribution is 5.25. The fourth-order valence-electron chi connectivity index (χ4n) is 2.02. The predicted molar refractivity (Wildman–Crippen MR) is 73.2 cm³/mol. The Morgan fingerprint density at radius 2 is 1.71 bits per heavy atom. The Labute approximate surface area is 105 Å². The molecule has 0 saturated carbocycles. The number of hydrogen-bond donors (Lipinski definition) is 2. The number of aryl methyl sites for hydroxylation is 1. The molecule has 96 valence electrons. The second-order valence-electron chi connectivity index (χ2n) is 4.51. The quantitative estimate of drug-likeness (QED) is 0.761. The minimum atomic E-state index is 0.200. The maximum Gasteiger partial charge on any atom is 0.0584 e. The zero-order valence-electron chi connectivity index (χ0n) is 11.2. The first kappa shape index (κ1) is 14.2. The van der Waals surface area contributed by atoms with Crippen LogP contribution >= 0.6 is 0 Å². The van der Waals surface area contributed by atoms with Gasteiger partial charge in [0.05, 0.1) is 6.61 Å². The van der Waals surface area contributed by atoms with Crippen LogP contribution in [0.15, 0.2) is 24.3 Å². The van der Waals surface area contributed by atoms with Gasteiger partial charge in [0.25, 0.3) is 0 Å². The molecule has 0 aliphatic heterocycles. The van der Waals surface area contributed by atoms with Crippen LogP contribution in [0.3, 0.4) is 0 Å². The SMILES string of the molecule is CCc1ccc(C(CC)N[C@@H](CC)CO)cc1. The van der Waals surface area contributed by atoms with Crippen LogP contribution in [0.25, 0.3) is 0 Å². The topological polar surface area (TPSA) is 32.3 Å². The minimum absolute atomic E-state index is 0.200. The van der Waals surface area contributed by atoms with E-state index in [0.29, 0.717) is 6.04 Å². The van der Waals surface area contributed by atoms with Crippen molar-refractivity contribution in [2.24, 2.45) is 0 Å². The molecular weight excluding hydrogens is 210 g/mol. The molecule has 0 fully saturated rings. The molecule has 0 aliphatic rings. The van der Waals surface area contributed by atoms with E-state index in [-0.39, 0.29) is 12.6 Å². The largest absolute Gasteiger partial charge is 0.395 e.